The zero-order valence-electron chi connectivity index (χ0n) is 15.2. The van der Waals surface area contributed by atoms with Crippen LogP contribution in [0.25, 0.3) is 21.7 Å². The van der Waals surface area contributed by atoms with Crippen molar-refractivity contribution in [2.24, 2.45) is 0 Å². The van der Waals surface area contributed by atoms with Crippen LogP contribution in [-0.2, 0) is 0 Å². The molecule has 0 saturated carbocycles. The van der Waals surface area contributed by atoms with Gasteiger partial charge >= 0.3 is 0 Å². The molecular weight excluding hydrogens is 339 g/mol. The van der Waals surface area contributed by atoms with Gasteiger partial charge in [-0.15, -0.1) is 0 Å². The van der Waals surface area contributed by atoms with Gasteiger partial charge in [-0.1, -0.05) is 36.4 Å². The second kappa shape index (κ2) is 6.80. The molecule has 0 aliphatic carbocycles. The van der Waals surface area contributed by atoms with Gasteiger partial charge in [-0.25, -0.2) is 4.39 Å². The maximum atomic E-state index is 13.6. The van der Waals surface area contributed by atoms with E-state index in [9.17, 15) is 9.18 Å². The third kappa shape index (κ3) is 3.04. The van der Waals surface area contributed by atoms with Crippen LogP contribution >= 0.6 is 0 Å². The molecule has 0 N–H and O–H groups in total. The van der Waals surface area contributed by atoms with Crippen molar-refractivity contribution in [1.82, 2.24) is 4.98 Å². The summed E-state index contributed by atoms with van der Waals surface area (Å²) < 4.78 is 13.6. The molecule has 0 atom stereocenters. The Labute approximate surface area is 157 Å². The highest BCUT2D eigenvalue weighted by molar-refractivity contribution is 6.12. The van der Waals surface area contributed by atoms with Crippen LogP contribution in [0.1, 0.15) is 23.0 Å². The highest BCUT2D eigenvalue weighted by Crippen LogP contribution is 2.29. The van der Waals surface area contributed by atoms with Gasteiger partial charge in [0.2, 0.25) is 0 Å². The predicted molar refractivity (Wildman–Crippen MR) is 108 cm³/mol. The third-order valence-corrected chi connectivity index (χ3v) is 4.82. The van der Waals surface area contributed by atoms with Gasteiger partial charge in [0.15, 0.2) is 0 Å². The molecule has 27 heavy (non-hydrogen) atoms. The number of benzene rings is 3. The standard InChI is InChI=1S/C23H19FN2O/c1-3-26(22-10-6-8-16-7-4-5-9-19(16)22)23(27)20-14-17-13-18(24)11-12-21(17)25-15(20)2/h4-14H,3H2,1-2H3. The zero-order valence-corrected chi connectivity index (χ0v) is 15.2. The number of nitrogens with zero attached hydrogens (tertiary/aromatic N) is 2. The maximum Gasteiger partial charge on any atom is 0.260 e. The highest BCUT2D eigenvalue weighted by atomic mass is 19.1. The molecule has 0 saturated heterocycles. The minimum atomic E-state index is -0.340. The molecule has 0 aliphatic heterocycles. The second-order valence-corrected chi connectivity index (χ2v) is 6.51. The van der Waals surface area contributed by atoms with E-state index in [0.717, 1.165) is 16.5 Å². The molecular formula is C23H19FN2O. The van der Waals surface area contributed by atoms with Crippen molar-refractivity contribution in [3.05, 3.63) is 83.8 Å². The van der Waals surface area contributed by atoms with Crippen molar-refractivity contribution < 1.29 is 9.18 Å². The van der Waals surface area contributed by atoms with Crippen LogP contribution in [0.5, 0.6) is 0 Å². The summed E-state index contributed by atoms with van der Waals surface area (Å²) in [6.45, 7) is 4.28. The first-order valence-corrected chi connectivity index (χ1v) is 8.95. The Bertz CT molecular complexity index is 1160. The average Bonchev–Trinajstić information content (AvgIpc) is 2.68. The Kier molecular flexibility index (Phi) is 4.32. The summed E-state index contributed by atoms with van der Waals surface area (Å²) in [5.74, 6) is -0.474. The summed E-state index contributed by atoms with van der Waals surface area (Å²) in [4.78, 5) is 19.6. The number of pyridine rings is 1. The summed E-state index contributed by atoms with van der Waals surface area (Å²) in [7, 11) is 0. The lowest BCUT2D eigenvalue weighted by atomic mass is 10.1. The lowest BCUT2D eigenvalue weighted by Gasteiger charge is -2.23. The Morgan fingerprint density at radius 1 is 1.00 bits per heavy atom. The Balaban J connectivity index is 1.85. The quantitative estimate of drug-likeness (QED) is 0.484. The first-order valence-electron chi connectivity index (χ1n) is 8.95. The molecule has 4 rings (SSSR count). The summed E-state index contributed by atoms with van der Waals surface area (Å²) in [5, 5.41) is 2.72. The number of hydrogen-bond donors (Lipinski definition) is 0. The highest BCUT2D eigenvalue weighted by Gasteiger charge is 2.21. The number of carbonyl (C=O) groups is 1. The lowest BCUT2D eigenvalue weighted by molar-refractivity contribution is 0.0987. The number of carbonyl (C=O) groups excluding carboxylic acids is 1. The van der Waals surface area contributed by atoms with Gasteiger partial charge in [0.1, 0.15) is 5.82 Å². The summed E-state index contributed by atoms with van der Waals surface area (Å²) in [6.07, 6.45) is 0. The molecule has 4 heteroatoms. The largest absolute Gasteiger partial charge is 0.308 e. The van der Waals surface area contributed by atoms with E-state index in [1.54, 1.807) is 17.0 Å². The van der Waals surface area contributed by atoms with Crippen molar-refractivity contribution in [3.8, 4) is 0 Å². The van der Waals surface area contributed by atoms with Gasteiger partial charge in [-0.2, -0.15) is 0 Å². The molecule has 0 radical (unpaired) electrons. The molecule has 0 bridgehead atoms. The molecule has 3 aromatic carbocycles. The number of fused-ring (bicyclic) bond motifs is 2. The maximum absolute atomic E-state index is 13.6. The molecule has 1 heterocycles. The first-order chi connectivity index (χ1) is 13.1. The Morgan fingerprint density at radius 3 is 2.59 bits per heavy atom. The van der Waals surface area contributed by atoms with Crippen LogP contribution in [0, 0.1) is 12.7 Å². The van der Waals surface area contributed by atoms with Crippen molar-refractivity contribution in [2.75, 3.05) is 11.4 Å². The zero-order chi connectivity index (χ0) is 19.0. The van der Waals surface area contributed by atoms with Crippen molar-refractivity contribution in [3.63, 3.8) is 0 Å². The van der Waals surface area contributed by atoms with Crippen LogP contribution in [0.4, 0.5) is 10.1 Å². The molecule has 1 aromatic heterocycles. The number of anilines is 1. The fourth-order valence-electron chi connectivity index (χ4n) is 3.47. The van der Waals surface area contributed by atoms with E-state index in [4.69, 9.17) is 0 Å². The van der Waals surface area contributed by atoms with E-state index < -0.39 is 0 Å². The molecule has 3 nitrogen and oxygen atoms in total. The third-order valence-electron chi connectivity index (χ3n) is 4.82. The molecule has 4 aromatic rings. The molecule has 0 fully saturated rings. The van der Waals surface area contributed by atoms with Gasteiger partial charge in [-0.3, -0.25) is 9.78 Å². The van der Waals surface area contributed by atoms with Crippen LogP contribution in [-0.4, -0.2) is 17.4 Å². The van der Waals surface area contributed by atoms with E-state index in [1.165, 1.54) is 12.1 Å². The number of aromatic nitrogens is 1. The van der Waals surface area contributed by atoms with Crippen molar-refractivity contribution in [2.45, 2.75) is 13.8 Å². The number of rotatable bonds is 3. The fraction of sp³-hybridized carbons (Fsp3) is 0.130. The summed E-state index contributed by atoms with van der Waals surface area (Å²) in [6, 6.07) is 20.1. The average molecular weight is 358 g/mol. The van der Waals surface area contributed by atoms with E-state index in [0.29, 0.717) is 28.7 Å². The normalized spacial score (nSPS) is 11.1. The second-order valence-electron chi connectivity index (χ2n) is 6.51. The molecule has 0 spiro atoms. The van der Waals surface area contributed by atoms with Crippen LogP contribution in [0.2, 0.25) is 0 Å². The van der Waals surface area contributed by atoms with Crippen LogP contribution in [0.15, 0.2) is 66.7 Å². The van der Waals surface area contributed by atoms with E-state index >= 15 is 0 Å². The van der Waals surface area contributed by atoms with E-state index in [2.05, 4.69) is 4.98 Å². The molecule has 0 unspecified atom stereocenters. The number of aryl methyl sites for hydroxylation is 1. The minimum absolute atomic E-state index is 0.134. The molecule has 0 aliphatic rings. The van der Waals surface area contributed by atoms with Gasteiger partial charge in [0.25, 0.3) is 5.91 Å². The number of halogens is 1. The Hall–Kier alpha value is -3.27. The summed E-state index contributed by atoms with van der Waals surface area (Å²) in [5.41, 5.74) is 2.67. The van der Waals surface area contributed by atoms with Gasteiger partial charge in [0, 0.05) is 17.3 Å². The molecule has 134 valence electrons. The smallest absolute Gasteiger partial charge is 0.260 e. The van der Waals surface area contributed by atoms with E-state index in [-0.39, 0.29) is 11.7 Å². The fourth-order valence-corrected chi connectivity index (χ4v) is 3.47. The number of amides is 1. The van der Waals surface area contributed by atoms with E-state index in [1.807, 2.05) is 56.3 Å². The topological polar surface area (TPSA) is 33.2 Å². The molecule has 1 amide bonds. The minimum Gasteiger partial charge on any atom is -0.308 e. The van der Waals surface area contributed by atoms with Crippen LogP contribution < -0.4 is 4.90 Å². The van der Waals surface area contributed by atoms with Crippen molar-refractivity contribution >= 4 is 33.3 Å². The predicted octanol–water partition coefficient (Wildman–Crippen LogP) is 5.50. The van der Waals surface area contributed by atoms with Crippen LogP contribution in [0.3, 0.4) is 0 Å². The Morgan fingerprint density at radius 2 is 1.78 bits per heavy atom. The van der Waals surface area contributed by atoms with Gasteiger partial charge in [0.05, 0.1) is 22.5 Å². The van der Waals surface area contributed by atoms with Gasteiger partial charge < -0.3 is 4.90 Å². The van der Waals surface area contributed by atoms with Gasteiger partial charge in [-0.05, 0) is 49.6 Å². The lowest BCUT2D eigenvalue weighted by Crippen LogP contribution is -2.31. The van der Waals surface area contributed by atoms with Crippen molar-refractivity contribution in [1.29, 1.82) is 0 Å². The first kappa shape index (κ1) is 17.2. The monoisotopic (exact) mass is 358 g/mol. The summed E-state index contributed by atoms with van der Waals surface area (Å²) >= 11 is 0. The SMILES string of the molecule is CCN(C(=O)c1cc2cc(F)ccc2nc1C)c1cccc2ccccc12. The number of hydrogen-bond acceptors (Lipinski definition) is 2.